The first kappa shape index (κ1) is 19.7. The van der Waals surface area contributed by atoms with E-state index in [9.17, 15) is 9.18 Å². The van der Waals surface area contributed by atoms with Gasteiger partial charge in [0.25, 0.3) is 5.91 Å². The van der Waals surface area contributed by atoms with Gasteiger partial charge in [0, 0.05) is 37.7 Å². The van der Waals surface area contributed by atoms with Crippen molar-refractivity contribution in [1.29, 1.82) is 0 Å². The lowest BCUT2D eigenvalue weighted by atomic mass is 10.1. The third kappa shape index (κ3) is 4.86. The lowest BCUT2D eigenvalue weighted by molar-refractivity contribution is -0.135. The lowest BCUT2D eigenvalue weighted by Gasteiger charge is -2.34. The van der Waals surface area contributed by atoms with Crippen LogP contribution in [0.1, 0.15) is 5.56 Å². The molecule has 150 valence electrons. The fraction of sp³-hybridized carbons (Fsp3) is 0.261. The van der Waals surface area contributed by atoms with Gasteiger partial charge in [-0.2, -0.15) is 0 Å². The van der Waals surface area contributed by atoms with E-state index in [1.165, 1.54) is 12.1 Å². The Morgan fingerprint density at radius 3 is 2.48 bits per heavy atom. The molecular formula is C23H22ClFN2O2. The standard InChI is InChI=1S/C23H22ClFN2O2/c24-22-14-20(25)7-5-19(22)15-26-9-11-27(12-10-26)23(28)16-29-21-8-6-17-3-1-2-4-18(17)13-21/h1-8,13-14H,9-12,15-16H2. The molecule has 0 unspecified atom stereocenters. The SMILES string of the molecule is O=C(COc1ccc2ccccc2c1)N1CCN(Cc2ccc(F)cc2Cl)CC1. The zero-order valence-electron chi connectivity index (χ0n) is 16.0. The van der Waals surface area contributed by atoms with E-state index in [4.69, 9.17) is 16.3 Å². The first-order valence-electron chi connectivity index (χ1n) is 9.64. The van der Waals surface area contributed by atoms with Crippen molar-refractivity contribution >= 4 is 28.3 Å². The number of ether oxygens (including phenoxy) is 1. The Kier molecular flexibility index (Phi) is 5.97. The number of rotatable bonds is 5. The molecule has 3 aromatic carbocycles. The molecule has 4 nitrogen and oxygen atoms in total. The first-order valence-corrected chi connectivity index (χ1v) is 10.0. The van der Waals surface area contributed by atoms with Crippen molar-refractivity contribution in [3.63, 3.8) is 0 Å². The fourth-order valence-corrected chi connectivity index (χ4v) is 3.77. The molecule has 0 saturated carbocycles. The number of carbonyl (C=O) groups excluding carboxylic acids is 1. The van der Waals surface area contributed by atoms with Crippen molar-refractivity contribution in [2.24, 2.45) is 0 Å². The summed E-state index contributed by atoms with van der Waals surface area (Å²) < 4.78 is 18.9. The highest BCUT2D eigenvalue weighted by molar-refractivity contribution is 6.31. The average molecular weight is 413 g/mol. The van der Waals surface area contributed by atoms with Crippen LogP contribution in [0.5, 0.6) is 5.75 Å². The number of hydrogen-bond acceptors (Lipinski definition) is 3. The third-order valence-corrected chi connectivity index (χ3v) is 5.57. The van der Waals surface area contributed by atoms with Crippen LogP contribution in [-0.2, 0) is 11.3 Å². The molecule has 1 amide bonds. The maximum Gasteiger partial charge on any atom is 0.260 e. The second-order valence-corrected chi connectivity index (χ2v) is 7.60. The average Bonchev–Trinajstić information content (AvgIpc) is 2.74. The van der Waals surface area contributed by atoms with Crippen LogP contribution in [0.4, 0.5) is 4.39 Å². The van der Waals surface area contributed by atoms with Crippen molar-refractivity contribution in [3.8, 4) is 5.75 Å². The molecule has 1 heterocycles. The zero-order chi connectivity index (χ0) is 20.2. The van der Waals surface area contributed by atoms with Gasteiger partial charge in [0.2, 0.25) is 0 Å². The molecular weight excluding hydrogens is 391 g/mol. The van der Waals surface area contributed by atoms with Gasteiger partial charge >= 0.3 is 0 Å². The van der Waals surface area contributed by atoms with Crippen LogP contribution in [0, 0.1) is 5.82 Å². The summed E-state index contributed by atoms with van der Waals surface area (Å²) in [6.07, 6.45) is 0. The molecule has 6 heteroatoms. The summed E-state index contributed by atoms with van der Waals surface area (Å²) in [6, 6.07) is 18.4. The molecule has 1 fully saturated rings. The van der Waals surface area contributed by atoms with Crippen molar-refractivity contribution in [3.05, 3.63) is 77.1 Å². The zero-order valence-corrected chi connectivity index (χ0v) is 16.7. The minimum absolute atomic E-state index is 0.0161. The highest BCUT2D eigenvalue weighted by Crippen LogP contribution is 2.21. The number of halogens is 2. The number of hydrogen-bond donors (Lipinski definition) is 0. The maximum atomic E-state index is 13.2. The largest absolute Gasteiger partial charge is 0.484 e. The van der Waals surface area contributed by atoms with E-state index in [0.717, 1.165) is 29.4 Å². The molecule has 1 aliphatic rings. The maximum absolute atomic E-state index is 13.2. The molecule has 3 aromatic rings. The van der Waals surface area contributed by atoms with Gasteiger partial charge < -0.3 is 9.64 Å². The molecule has 1 aliphatic heterocycles. The van der Waals surface area contributed by atoms with E-state index < -0.39 is 0 Å². The highest BCUT2D eigenvalue weighted by atomic mass is 35.5. The summed E-state index contributed by atoms with van der Waals surface area (Å²) in [7, 11) is 0. The summed E-state index contributed by atoms with van der Waals surface area (Å²) in [5.74, 6) is 0.347. The van der Waals surface area contributed by atoms with Gasteiger partial charge in [0.1, 0.15) is 11.6 Å². The second-order valence-electron chi connectivity index (χ2n) is 7.19. The van der Waals surface area contributed by atoms with Gasteiger partial charge in [-0.25, -0.2) is 4.39 Å². The molecule has 0 radical (unpaired) electrons. The van der Waals surface area contributed by atoms with E-state index in [1.54, 1.807) is 6.07 Å². The van der Waals surface area contributed by atoms with Gasteiger partial charge in [-0.15, -0.1) is 0 Å². The van der Waals surface area contributed by atoms with Crippen LogP contribution in [-0.4, -0.2) is 48.5 Å². The van der Waals surface area contributed by atoms with Crippen LogP contribution >= 0.6 is 11.6 Å². The third-order valence-electron chi connectivity index (χ3n) is 5.22. The number of fused-ring (bicyclic) bond motifs is 1. The second kappa shape index (κ2) is 8.80. The molecule has 0 aromatic heterocycles. The predicted octanol–water partition coefficient (Wildman–Crippen LogP) is 4.36. The van der Waals surface area contributed by atoms with Gasteiger partial charge in [-0.3, -0.25) is 9.69 Å². The van der Waals surface area contributed by atoms with E-state index >= 15 is 0 Å². The summed E-state index contributed by atoms with van der Waals surface area (Å²) in [5, 5.41) is 2.67. The Morgan fingerprint density at radius 1 is 0.966 bits per heavy atom. The van der Waals surface area contributed by atoms with Crippen molar-refractivity contribution in [2.75, 3.05) is 32.8 Å². The number of benzene rings is 3. The van der Waals surface area contributed by atoms with Crippen LogP contribution in [0.15, 0.2) is 60.7 Å². The van der Waals surface area contributed by atoms with Crippen molar-refractivity contribution in [2.45, 2.75) is 6.54 Å². The van der Waals surface area contributed by atoms with E-state index in [-0.39, 0.29) is 18.3 Å². The number of piperazine rings is 1. The fourth-order valence-electron chi connectivity index (χ4n) is 3.54. The predicted molar refractivity (Wildman–Crippen MR) is 113 cm³/mol. The van der Waals surface area contributed by atoms with E-state index in [1.807, 2.05) is 47.4 Å². The minimum atomic E-state index is -0.333. The smallest absolute Gasteiger partial charge is 0.260 e. The summed E-state index contributed by atoms with van der Waals surface area (Å²) in [4.78, 5) is 16.5. The quantitative estimate of drug-likeness (QED) is 0.624. The molecule has 0 bridgehead atoms. The van der Waals surface area contributed by atoms with Crippen molar-refractivity contribution in [1.82, 2.24) is 9.80 Å². The topological polar surface area (TPSA) is 32.8 Å². The van der Waals surface area contributed by atoms with Gasteiger partial charge in [0.05, 0.1) is 0 Å². The summed E-state index contributed by atoms with van der Waals surface area (Å²) >= 11 is 6.12. The number of amides is 1. The summed E-state index contributed by atoms with van der Waals surface area (Å²) in [6.45, 7) is 3.44. The molecule has 0 N–H and O–H groups in total. The lowest BCUT2D eigenvalue weighted by Crippen LogP contribution is -2.49. The number of nitrogens with zero attached hydrogens (tertiary/aromatic N) is 2. The molecule has 0 aliphatic carbocycles. The molecule has 0 spiro atoms. The van der Waals surface area contributed by atoms with E-state index in [2.05, 4.69) is 4.90 Å². The molecule has 29 heavy (non-hydrogen) atoms. The first-order chi connectivity index (χ1) is 14.1. The normalized spacial score (nSPS) is 14.9. The van der Waals surface area contributed by atoms with Gasteiger partial charge in [-0.1, -0.05) is 48.0 Å². The molecule has 0 atom stereocenters. The highest BCUT2D eigenvalue weighted by Gasteiger charge is 2.22. The van der Waals surface area contributed by atoms with Crippen LogP contribution in [0.3, 0.4) is 0 Å². The Labute approximate surface area is 174 Å². The van der Waals surface area contributed by atoms with Crippen LogP contribution in [0.2, 0.25) is 5.02 Å². The van der Waals surface area contributed by atoms with Gasteiger partial charge in [0.15, 0.2) is 6.61 Å². The Balaban J connectivity index is 1.27. The van der Waals surface area contributed by atoms with Gasteiger partial charge in [-0.05, 0) is 40.6 Å². The Morgan fingerprint density at radius 2 is 1.72 bits per heavy atom. The van der Waals surface area contributed by atoms with Crippen LogP contribution < -0.4 is 4.74 Å². The number of carbonyl (C=O) groups is 1. The monoisotopic (exact) mass is 412 g/mol. The van der Waals surface area contributed by atoms with E-state index in [0.29, 0.717) is 30.4 Å². The molecule has 4 rings (SSSR count). The Hall–Kier alpha value is -2.63. The summed E-state index contributed by atoms with van der Waals surface area (Å²) in [5.41, 5.74) is 0.896. The minimum Gasteiger partial charge on any atom is -0.484 e. The van der Waals surface area contributed by atoms with Crippen molar-refractivity contribution < 1.29 is 13.9 Å². The Bertz CT molecular complexity index is 1020. The van der Waals surface area contributed by atoms with Crippen LogP contribution in [0.25, 0.3) is 10.8 Å². The molecule has 1 saturated heterocycles.